The van der Waals surface area contributed by atoms with Gasteiger partial charge in [-0.25, -0.2) is 0 Å². The Morgan fingerprint density at radius 3 is 2.67 bits per heavy atom. The number of rotatable bonds is 3. The second kappa shape index (κ2) is 4.83. The quantitative estimate of drug-likeness (QED) is 0.665. The monoisotopic (exact) mass is 244 g/mol. The van der Waals surface area contributed by atoms with Gasteiger partial charge in [0, 0.05) is 18.0 Å². The number of nitro benzene ring substituents is 1. The maximum absolute atomic E-state index is 10.8. The number of nitro groups is 1. The standard InChI is InChI=1S/C13H12N2O3/c1-2-11-7-10(5-6-14-11)9-3-4-13(16)12(8-9)15(17)18/h3-8,16H,2H2,1H3. The van der Waals surface area contributed by atoms with Gasteiger partial charge in [0.05, 0.1) is 4.92 Å². The Hall–Kier alpha value is -2.43. The fourth-order valence-electron chi connectivity index (χ4n) is 1.70. The molecular formula is C13H12N2O3. The molecule has 5 nitrogen and oxygen atoms in total. The zero-order chi connectivity index (χ0) is 13.1. The first-order chi connectivity index (χ1) is 8.61. The minimum atomic E-state index is -0.596. The number of aromatic nitrogens is 1. The van der Waals surface area contributed by atoms with E-state index in [0.29, 0.717) is 5.56 Å². The molecule has 1 N–H and O–H groups in total. The highest BCUT2D eigenvalue weighted by atomic mass is 16.6. The first-order valence-corrected chi connectivity index (χ1v) is 5.54. The summed E-state index contributed by atoms with van der Waals surface area (Å²) in [4.78, 5) is 14.3. The van der Waals surface area contributed by atoms with Crippen LogP contribution >= 0.6 is 0 Å². The lowest BCUT2D eigenvalue weighted by Crippen LogP contribution is -1.91. The topological polar surface area (TPSA) is 76.3 Å². The maximum Gasteiger partial charge on any atom is 0.311 e. The van der Waals surface area contributed by atoms with Gasteiger partial charge in [0.25, 0.3) is 0 Å². The van der Waals surface area contributed by atoms with E-state index in [9.17, 15) is 15.2 Å². The Labute approximate surface area is 104 Å². The molecule has 1 aromatic carbocycles. The molecule has 5 heteroatoms. The van der Waals surface area contributed by atoms with Crippen molar-refractivity contribution in [2.75, 3.05) is 0 Å². The number of aryl methyl sites for hydroxylation is 1. The molecular weight excluding hydrogens is 232 g/mol. The van der Waals surface area contributed by atoms with Gasteiger partial charge in [0.1, 0.15) is 0 Å². The Morgan fingerprint density at radius 1 is 1.28 bits per heavy atom. The van der Waals surface area contributed by atoms with E-state index < -0.39 is 4.92 Å². The Balaban J connectivity index is 2.50. The molecule has 92 valence electrons. The maximum atomic E-state index is 10.8. The molecule has 0 aliphatic rings. The summed E-state index contributed by atoms with van der Waals surface area (Å²) in [5.74, 6) is -0.325. The molecule has 0 saturated carbocycles. The van der Waals surface area contributed by atoms with Gasteiger partial charge in [-0.3, -0.25) is 15.1 Å². The molecule has 2 aromatic rings. The van der Waals surface area contributed by atoms with Gasteiger partial charge in [-0.2, -0.15) is 0 Å². The molecule has 2 rings (SSSR count). The highest BCUT2D eigenvalue weighted by molar-refractivity contribution is 5.68. The van der Waals surface area contributed by atoms with E-state index >= 15 is 0 Å². The van der Waals surface area contributed by atoms with E-state index in [1.54, 1.807) is 18.3 Å². The summed E-state index contributed by atoms with van der Waals surface area (Å²) in [6.07, 6.45) is 2.47. The summed E-state index contributed by atoms with van der Waals surface area (Å²) in [7, 11) is 0. The fraction of sp³-hybridized carbons (Fsp3) is 0.154. The number of aromatic hydroxyl groups is 1. The first-order valence-electron chi connectivity index (χ1n) is 5.54. The van der Waals surface area contributed by atoms with E-state index in [0.717, 1.165) is 17.7 Å². The molecule has 18 heavy (non-hydrogen) atoms. The van der Waals surface area contributed by atoms with Gasteiger partial charge in [-0.05, 0) is 35.7 Å². The van der Waals surface area contributed by atoms with Crippen LogP contribution < -0.4 is 0 Å². The second-order valence-corrected chi connectivity index (χ2v) is 3.85. The second-order valence-electron chi connectivity index (χ2n) is 3.85. The van der Waals surface area contributed by atoms with Crippen molar-refractivity contribution in [3.8, 4) is 16.9 Å². The van der Waals surface area contributed by atoms with Gasteiger partial charge >= 0.3 is 5.69 Å². The number of hydrogen-bond acceptors (Lipinski definition) is 4. The first kappa shape index (κ1) is 12.0. The van der Waals surface area contributed by atoms with Crippen LogP contribution in [-0.2, 0) is 6.42 Å². The molecule has 0 bridgehead atoms. The van der Waals surface area contributed by atoms with Crippen LogP contribution in [0.15, 0.2) is 36.5 Å². The average Bonchev–Trinajstić information content (AvgIpc) is 2.39. The SMILES string of the molecule is CCc1cc(-c2ccc(O)c([N+](=O)[O-])c2)ccn1. The van der Waals surface area contributed by atoms with Crippen molar-refractivity contribution in [3.05, 3.63) is 52.3 Å². The summed E-state index contributed by atoms with van der Waals surface area (Å²) in [5.41, 5.74) is 2.17. The molecule has 0 amide bonds. The highest BCUT2D eigenvalue weighted by Gasteiger charge is 2.14. The van der Waals surface area contributed by atoms with Crippen LogP contribution in [0.1, 0.15) is 12.6 Å². The molecule has 0 spiro atoms. The third kappa shape index (κ3) is 2.29. The molecule has 1 aromatic heterocycles. The number of phenolic OH excluding ortho intramolecular Hbond substituents is 1. The van der Waals surface area contributed by atoms with Crippen LogP contribution in [0.5, 0.6) is 5.75 Å². The summed E-state index contributed by atoms with van der Waals surface area (Å²) >= 11 is 0. The third-order valence-electron chi connectivity index (χ3n) is 2.68. The van der Waals surface area contributed by atoms with Crippen molar-refractivity contribution in [2.24, 2.45) is 0 Å². The van der Waals surface area contributed by atoms with Crippen molar-refractivity contribution in [1.82, 2.24) is 4.98 Å². The molecule has 0 radical (unpaired) electrons. The molecule has 0 aliphatic carbocycles. The number of benzene rings is 1. The van der Waals surface area contributed by atoms with Crippen molar-refractivity contribution < 1.29 is 10.0 Å². The van der Waals surface area contributed by atoms with Crippen molar-refractivity contribution in [1.29, 1.82) is 0 Å². The molecule has 1 heterocycles. The lowest BCUT2D eigenvalue weighted by atomic mass is 10.0. The zero-order valence-electron chi connectivity index (χ0n) is 9.83. The van der Waals surface area contributed by atoms with Crippen LogP contribution in [0, 0.1) is 10.1 Å². The van der Waals surface area contributed by atoms with Crippen molar-refractivity contribution >= 4 is 5.69 Å². The number of pyridine rings is 1. The van der Waals surface area contributed by atoms with E-state index in [4.69, 9.17) is 0 Å². The Kier molecular flexibility index (Phi) is 3.23. The molecule has 0 saturated heterocycles. The summed E-state index contributed by atoms with van der Waals surface area (Å²) in [6, 6.07) is 8.02. The summed E-state index contributed by atoms with van der Waals surface area (Å²) < 4.78 is 0. The summed E-state index contributed by atoms with van der Waals surface area (Å²) in [5, 5.41) is 20.2. The fourth-order valence-corrected chi connectivity index (χ4v) is 1.70. The number of hydrogen-bond donors (Lipinski definition) is 1. The largest absolute Gasteiger partial charge is 0.502 e. The van der Waals surface area contributed by atoms with Gasteiger partial charge in [-0.15, -0.1) is 0 Å². The number of phenols is 1. The Morgan fingerprint density at radius 2 is 2.00 bits per heavy atom. The van der Waals surface area contributed by atoms with E-state index in [1.807, 2.05) is 13.0 Å². The van der Waals surface area contributed by atoms with E-state index in [-0.39, 0.29) is 11.4 Å². The number of nitrogens with zero attached hydrogens (tertiary/aromatic N) is 2. The molecule has 0 unspecified atom stereocenters. The predicted octanol–water partition coefficient (Wildman–Crippen LogP) is 2.92. The average molecular weight is 244 g/mol. The van der Waals surface area contributed by atoms with Crippen LogP contribution in [0.25, 0.3) is 11.1 Å². The zero-order valence-corrected chi connectivity index (χ0v) is 9.83. The summed E-state index contributed by atoms with van der Waals surface area (Å²) in [6.45, 7) is 1.99. The highest BCUT2D eigenvalue weighted by Crippen LogP contribution is 2.31. The smallest absolute Gasteiger partial charge is 0.311 e. The van der Waals surface area contributed by atoms with Crippen LogP contribution in [0.4, 0.5) is 5.69 Å². The van der Waals surface area contributed by atoms with Gasteiger partial charge in [0.15, 0.2) is 5.75 Å². The van der Waals surface area contributed by atoms with Gasteiger partial charge in [0.2, 0.25) is 0 Å². The van der Waals surface area contributed by atoms with E-state index in [1.165, 1.54) is 12.1 Å². The normalized spacial score (nSPS) is 10.3. The van der Waals surface area contributed by atoms with Crippen molar-refractivity contribution in [2.45, 2.75) is 13.3 Å². The lowest BCUT2D eigenvalue weighted by Gasteiger charge is -2.04. The van der Waals surface area contributed by atoms with Gasteiger partial charge in [-0.1, -0.05) is 13.0 Å². The molecule has 0 aliphatic heterocycles. The predicted molar refractivity (Wildman–Crippen MR) is 67.4 cm³/mol. The molecule has 0 atom stereocenters. The van der Waals surface area contributed by atoms with Gasteiger partial charge < -0.3 is 5.11 Å². The Bertz CT molecular complexity index is 597. The minimum Gasteiger partial charge on any atom is -0.502 e. The lowest BCUT2D eigenvalue weighted by molar-refractivity contribution is -0.385. The van der Waals surface area contributed by atoms with Crippen molar-refractivity contribution in [3.63, 3.8) is 0 Å². The van der Waals surface area contributed by atoms with Crippen LogP contribution in [0.2, 0.25) is 0 Å². The van der Waals surface area contributed by atoms with Crippen LogP contribution in [-0.4, -0.2) is 15.0 Å². The van der Waals surface area contributed by atoms with Crippen LogP contribution in [0.3, 0.4) is 0 Å². The molecule has 0 fully saturated rings. The third-order valence-corrected chi connectivity index (χ3v) is 2.68. The van der Waals surface area contributed by atoms with E-state index in [2.05, 4.69) is 4.98 Å². The minimum absolute atomic E-state index is 0.289.